The zero-order valence-corrected chi connectivity index (χ0v) is 21.5. The zero-order chi connectivity index (χ0) is 25.0. The number of aromatic nitrogens is 3. The van der Waals surface area contributed by atoms with E-state index < -0.39 is 0 Å². The molecule has 4 heteroatoms. The van der Waals surface area contributed by atoms with Gasteiger partial charge in [-0.25, -0.2) is 15.0 Å². The lowest BCUT2D eigenvalue weighted by molar-refractivity contribution is 1.07. The van der Waals surface area contributed by atoms with Gasteiger partial charge in [0.05, 0.1) is 0 Å². The number of hydrogen-bond donors (Lipinski definition) is 0. The molecule has 6 aromatic rings. The van der Waals surface area contributed by atoms with Crippen molar-refractivity contribution in [2.45, 2.75) is 0 Å². The molecule has 0 N–H and O–H groups in total. The van der Waals surface area contributed by atoms with Crippen molar-refractivity contribution in [3.63, 3.8) is 0 Å². The van der Waals surface area contributed by atoms with Gasteiger partial charge in [-0.15, -0.1) is 0 Å². The maximum Gasteiger partial charge on any atom is 0.164 e. The third-order valence-electron chi connectivity index (χ3n) is 6.20. The smallest absolute Gasteiger partial charge is 0.164 e. The Labute approximate surface area is 224 Å². The molecule has 1 heterocycles. The monoisotopic (exact) mass is 539 g/mol. The summed E-state index contributed by atoms with van der Waals surface area (Å²) >= 11 is 3.69. The van der Waals surface area contributed by atoms with Crippen LogP contribution < -0.4 is 0 Å². The van der Waals surface area contributed by atoms with Gasteiger partial charge >= 0.3 is 0 Å². The molecule has 0 aliphatic rings. The molecule has 0 fully saturated rings. The molecule has 0 unspecified atom stereocenters. The van der Waals surface area contributed by atoms with Gasteiger partial charge in [-0.2, -0.15) is 0 Å². The summed E-state index contributed by atoms with van der Waals surface area (Å²) in [7, 11) is 0. The van der Waals surface area contributed by atoms with Crippen LogP contribution in [0.5, 0.6) is 0 Å². The summed E-state index contributed by atoms with van der Waals surface area (Å²) < 4.78 is 1.08. The highest BCUT2D eigenvalue weighted by Gasteiger charge is 2.13. The van der Waals surface area contributed by atoms with Gasteiger partial charge in [-0.3, -0.25) is 0 Å². The second-order valence-electron chi connectivity index (χ2n) is 8.68. The van der Waals surface area contributed by atoms with Gasteiger partial charge in [0.2, 0.25) is 0 Å². The Balaban J connectivity index is 1.45. The van der Waals surface area contributed by atoms with E-state index in [0.29, 0.717) is 17.5 Å². The van der Waals surface area contributed by atoms with Crippen LogP contribution in [-0.2, 0) is 0 Å². The molecule has 176 valence electrons. The lowest BCUT2D eigenvalue weighted by Gasteiger charge is -2.11. The van der Waals surface area contributed by atoms with Crippen LogP contribution in [0.4, 0.5) is 0 Å². The van der Waals surface area contributed by atoms with Crippen LogP contribution in [-0.4, -0.2) is 15.0 Å². The van der Waals surface area contributed by atoms with E-state index in [2.05, 4.69) is 82.7 Å². The first-order valence-corrected chi connectivity index (χ1v) is 12.9. The first-order chi connectivity index (χ1) is 18.2. The predicted molar refractivity (Wildman–Crippen MR) is 155 cm³/mol. The number of hydrogen-bond acceptors (Lipinski definition) is 3. The minimum Gasteiger partial charge on any atom is -0.208 e. The fraction of sp³-hybridized carbons (Fsp3) is 0. The first kappa shape index (κ1) is 23.0. The van der Waals surface area contributed by atoms with Crippen molar-refractivity contribution in [3.05, 3.63) is 138 Å². The molecule has 37 heavy (non-hydrogen) atoms. The van der Waals surface area contributed by atoms with E-state index in [1.165, 1.54) is 0 Å². The summed E-state index contributed by atoms with van der Waals surface area (Å²) in [5.41, 5.74) is 7.43. The van der Waals surface area contributed by atoms with E-state index in [0.717, 1.165) is 43.4 Å². The molecular formula is C33H22BrN3. The van der Waals surface area contributed by atoms with Crippen LogP contribution in [0.1, 0.15) is 0 Å². The van der Waals surface area contributed by atoms with E-state index >= 15 is 0 Å². The van der Waals surface area contributed by atoms with Crippen molar-refractivity contribution >= 4 is 15.9 Å². The quantitative estimate of drug-likeness (QED) is 0.219. The third-order valence-corrected chi connectivity index (χ3v) is 6.89. The number of benzene rings is 5. The second kappa shape index (κ2) is 10.3. The van der Waals surface area contributed by atoms with Gasteiger partial charge in [0, 0.05) is 21.2 Å². The van der Waals surface area contributed by atoms with Crippen LogP contribution in [0.3, 0.4) is 0 Å². The van der Waals surface area contributed by atoms with Crippen molar-refractivity contribution in [3.8, 4) is 56.4 Å². The molecule has 0 aliphatic carbocycles. The summed E-state index contributed by atoms with van der Waals surface area (Å²) in [6.07, 6.45) is 0. The van der Waals surface area contributed by atoms with E-state index in [4.69, 9.17) is 15.0 Å². The highest BCUT2D eigenvalue weighted by atomic mass is 79.9. The maximum absolute atomic E-state index is 4.88. The van der Waals surface area contributed by atoms with Crippen LogP contribution in [0.2, 0.25) is 0 Å². The number of halogens is 1. The number of rotatable bonds is 5. The van der Waals surface area contributed by atoms with Crippen molar-refractivity contribution in [2.75, 3.05) is 0 Å². The molecular weight excluding hydrogens is 518 g/mol. The molecule has 0 spiro atoms. The minimum atomic E-state index is 0.650. The van der Waals surface area contributed by atoms with Gasteiger partial charge in [0.25, 0.3) is 0 Å². The van der Waals surface area contributed by atoms with Crippen LogP contribution >= 0.6 is 15.9 Å². The Morgan fingerprint density at radius 3 is 1.32 bits per heavy atom. The van der Waals surface area contributed by atoms with E-state index in [-0.39, 0.29) is 0 Å². The summed E-state index contributed by atoms with van der Waals surface area (Å²) in [5, 5.41) is 0. The molecule has 0 bridgehead atoms. The molecule has 3 nitrogen and oxygen atoms in total. The summed E-state index contributed by atoms with van der Waals surface area (Å²) in [6.45, 7) is 0. The molecule has 0 atom stereocenters. The van der Waals surface area contributed by atoms with Crippen molar-refractivity contribution in [2.24, 2.45) is 0 Å². The molecule has 0 radical (unpaired) electrons. The van der Waals surface area contributed by atoms with Crippen LogP contribution in [0.15, 0.2) is 138 Å². The fourth-order valence-electron chi connectivity index (χ4n) is 4.34. The maximum atomic E-state index is 4.88. The van der Waals surface area contributed by atoms with Gasteiger partial charge in [-0.1, -0.05) is 131 Å². The van der Waals surface area contributed by atoms with E-state index in [9.17, 15) is 0 Å². The minimum absolute atomic E-state index is 0.650. The fourth-order valence-corrected chi connectivity index (χ4v) is 4.85. The lowest BCUT2D eigenvalue weighted by atomic mass is 9.98. The molecule has 6 rings (SSSR count). The molecule has 0 amide bonds. The highest BCUT2D eigenvalue weighted by molar-refractivity contribution is 9.10. The lowest BCUT2D eigenvalue weighted by Crippen LogP contribution is -2.00. The van der Waals surface area contributed by atoms with Crippen molar-refractivity contribution < 1.29 is 0 Å². The van der Waals surface area contributed by atoms with Gasteiger partial charge in [-0.05, 0) is 40.5 Å². The normalized spacial score (nSPS) is 10.8. The van der Waals surface area contributed by atoms with Gasteiger partial charge < -0.3 is 0 Å². The average molecular weight is 540 g/mol. The van der Waals surface area contributed by atoms with Crippen LogP contribution in [0.25, 0.3) is 56.4 Å². The van der Waals surface area contributed by atoms with Gasteiger partial charge in [0.15, 0.2) is 17.5 Å². The summed E-state index contributed by atoms with van der Waals surface area (Å²) in [5.74, 6) is 1.97. The summed E-state index contributed by atoms with van der Waals surface area (Å²) in [4.78, 5) is 14.6. The highest BCUT2D eigenvalue weighted by Crippen LogP contribution is 2.33. The first-order valence-electron chi connectivity index (χ1n) is 12.1. The molecule has 1 aromatic heterocycles. The van der Waals surface area contributed by atoms with E-state index in [1.54, 1.807) is 0 Å². The SMILES string of the molecule is Brc1ccccc1-c1cccc(-c2cccc(-c3nc(-c4ccccc4)nc(-c4ccccc4)n3)c2)c1. The van der Waals surface area contributed by atoms with E-state index in [1.807, 2.05) is 66.7 Å². The topological polar surface area (TPSA) is 38.7 Å². The Bertz CT molecular complexity index is 1620. The van der Waals surface area contributed by atoms with Crippen molar-refractivity contribution in [1.29, 1.82) is 0 Å². The second-order valence-corrected chi connectivity index (χ2v) is 9.53. The summed E-state index contributed by atoms with van der Waals surface area (Å²) in [6, 6.07) is 45.4. The molecule has 0 saturated heterocycles. The Morgan fingerprint density at radius 2 is 0.757 bits per heavy atom. The largest absolute Gasteiger partial charge is 0.208 e. The van der Waals surface area contributed by atoms with Crippen molar-refractivity contribution in [1.82, 2.24) is 15.0 Å². The molecule has 5 aromatic carbocycles. The van der Waals surface area contributed by atoms with Gasteiger partial charge in [0.1, 0.15) is 0 Å². The molecule has 0 aliphatic heterocycles. The Morgan fingerprint density at radius 1 is 0.351 bits per heavy atom. The predicted octanol–water partition coefficient (Wildman–Crippen LogP) is 8.97. The number of nitrogens with zero attached hydrogens (tertiary/aromatic N) is 3. The zero-order valence-electron chi connectivity index (χ0n) is 19.9. The Kier molecular flexibility index (Phi) is 6.40. The standard InChI is InChI=1S/C33H22BrN3/c34-30-20-8-7-19-29(30)27-17-9-15-25(21-27)26-16-10-18-28(22-26)33-36-31(23-11-3-1-4-12-23)35-32(37-33)24-13-5-2-6-14-24/h1-22H. The Hall–Kier alpha value is -4.41. The third kappa shape index (κ3) is 4.97. The van der Waals surface area contributed by atoms with Crippen LogP contribution in [0, 0.1) is 0 Å². The average Bonchev–Trinajstić information content (AvgIpc) is 2.98. The molecule has 0 saturated carbocycles.